The minimum atomic E-state index is -1.72. The van der Waals surface area contributed by atoms with Crippen molar-refractivity contribution in [3.63, 3.8) is 0 Å². The average molecular weight is 392 g/mol. The summed E-state index contributed by atoms with van der Waals surface area (Å²) in [6.07, 6.45) is 0. The van der Waals surface area contributed by atoms with Crippen LogP contribution in [0.3, 0.4) is 0 Å². The summed E-state index contributed by atoms with van der Waals surface area (Å²) in [4.78, 5) is 41.7. The molecule has 2 aromatic rings. The number of hydrogen-bond donors (Lipinski definition) is 1. The molecule has 0 unspecified atom stereocenters. The number of likely N-dealkylation sites (N-methyl/N-ethyl adjacent to an activating group) is 1. The van der Waals surface area contributed by atoms with E-state index in [-0.39, 0.29) is 23.3 Å². The van der Waals surface area contributed by atoms with Crippen molar-refractivity contribution >= 4 is 11.8 Å². The van der Waals surface area contributed by atoms with Crippen LogP contribution in [-0.2, 0) is 15.1 Å². The number of carbonyl (C=O) groups is 2. The van der Waals surface area contributed by atoms with Crippen LogP contribution in [-0.4, -0.2) is 48.8 Å². The second kappa shape index (κ2) is 5.97. The molecule has 3 aliphatic carbocycles. The Morgan fingerprint density at radius 3 is 2.07 bits per heavy atom. The summed E-state index contributed by atoms with van der Waals surface area (Å²) in [5.41, 5.74) is 0.974. The first-order valence-electron chi connectivity index (χ1n) is 9.88. The van der Waals surface area contributed by atoms with E-state index in [0.717, 1.165) is 16.0 Å². The van der Waals surface area contributed by atoms with Crippen LogP contribution in [0.5, 0.6) is 0 Å². The largest absolute Gasteiger partial charge is 0.338 e. The summed E-state index contributed by atoms with van der Waals surface area (Å²) in [5, 5.41) is 12.7. The molecule has 2 bridgehead atoms. The maximum absolute atomic E-state index is 13.5. The molecule has 7 nitrogen and oxygen atoms in total. The number of benzene rings is 2. The fraction of sp³-hybridized carbons (Fsp3) is 0.364. The Balaban J connectivity index is 1.79. The Hall–Kier alpha value is -3.06. The SMILES string of the molecule is C[NH+](C)CCN1C(=O)[C@@H]2C3c4ccccc4C([N+](=O)[O-])(c4ccccc43)[C@H]2C1=O. The number of carbonyl (C=O) groups excluding carboxylic acids is 2. The number of imide groups is 1. The molecule has 0 spiro atoms. The third-order valence-electron chi connectivity index (χ3n) is 6.79. The third-order valence-corrected chi connectivity index (χ3v) is 6.79. The summed E-state index contributed by atoms with van der Waals surface area (Å²) >= 11 is 0. The summed E-state index contributed by atoms with van der Waals surface area (Å²) < 4.78 is 0. The molecule has 148 valence electrons. The predicted octanol–water partition coefficient (Wildman–Crippen LogP) is 0.412. The van der Waals surface area contributed by atoms with E-state index in [4.69, 9.17) is 0 Å². The van der Waals surface area contributed by atoms with E-state index in [1.165, 1.54) is 4.90 Å². The Bertz CT molecular complexity index is 1020. The topological polar surface area (TPSA) is 85.0 Å². The number of amides is 2. The number of quaternary nitrogens is 1. The van der Waals surface area contributed by atoms with E-state index in [9.17, 15) is 19.7 Å². The molecule has 1 fully saturated rings. The zero-order chi connectivity index (χ0) is 20.5. The predicted molar refractivity (Wildman–Crippen MR) is 104 cm³/mol. The lowest BCUT2D eigenvalue weighted by Crippen LogP contribution is -3.06. The van der Waals surface area contributed by atoms with Crippen LogP contribution in [0, 0.1) is 22.0 Å². The van der Waals surface area contributed by atoms with Gasteiger partial charge >= 0.3 is 0 Å². The minimum Gasteiger partial charge on any atom is -0.338 e. The third kappa shape index (κ3) is 2.05. The normalized spacial score (nSPS) is 29.1. The quantitative estimate of drug-likeness (QED) is 0.464. The van der Waals surface area contributed by atoms with Crippen molar-refractivity contribution in [3.05, 3.63) is 80.9 Å². The monoisotopic (exact) mass is 392 g/mol. The van der Waals surface area contributed by atoms with Gasteiger partial charge in [0.1, 0.15) is 5.92 Å². The van der Waals surface area contributed by atoms with Crippen molar-refractivity contribution < 1.29 is 19.4 Å². The maximum atomic E-state index is 13.5. The molecule has 2 atom stereocenters. The van der Waals surface area contributed by atoms with Gasteiger partial charge in [-0.3, -0.25) is 24.6 Å². The van der Waals surface area contributed by atoms with Crippen molar-refractivity contribution in [3.8, 4) is 0 Å². The Kier molecular flexibility index (Phi) is 3.70. The van der Waals surface area contributed by atoms with Crippen LogP contribution >= 0.6 is 0 Å². The number of rotatable bonds is 4. The van der Waals surface area contributed by atoms with Crippen LogP contribution in [0.25, 0.3) is 0 Å². The van der Waals surface area contributed by atoms with E-state index in [1.54, 1.807) is 24.3 Å². The molecule has 2 amide bonds. The standard InChI is InChI=1S/C22H21N3O4/c1-23(2)11-12-24-20(26)18-17-13-7-3-5-9-15(13)22(25(28)29,19(18)21(24)27)16-10-6-4-8-14(16)17/h3-10,17-19H,11-12H2,1-2H3/p+1/t17?,18-,19-,22?/m1/s1. The number of nitrogens with one attached hydrogen (secondary N) is 1. The lowest BCUT2D eigenvalue weighted by atomic mass is 9.51. The number of nitrogens with zero attached hydrogens (tertiary/aromatic N) is 2. The Labute approximate surface area is 168 Å². The fourth-order valence-electron chi connectivity index (χ4n) is 5.66. The van der Waals surface area contributed by atoms with Gasteiger partial charge < -0.3 is 4.90 Å². The fourth-order valence-corrected chi connectivity index (χ4v) is 5.66. The van der Waals surface area contributed by atoms with E-state index in [1.807, 2.05) is 38.4 Å². The maximum Gasteiger partial charge on any atom is 0.284 e. The van der Waals surface area contributed by atoms with Gasteiger partial charge in [0.2, 0.25) is 11.8 Å². The average Bonchev–Trinajstić information content (AvgIpc) is 2.97. The zero-order valence-corrected chi connectivity index (χ0v) is 16.3. The Morgan fingerprint density at radius 1 is 1.00 bits per heavy atom. The summed E-state index contributed by atoms with van der Waals surface area (Å²) in [7, 11) is 3.90. The first kappa shape index (κ1) is 18.0. The van der Waals surface area contributed by atoms with E-state index in [2.05, 4.69) is 0 Å². The first-order valence-corrected chi connectivity index (χ1v) is 9.88. The van der Waals surface area contributed by atoms with Crippen LogP contribution < -0.4 is 4.90 Å². The summed E-state index contributed by atoms with van der Waals surface area (Å²) in [6, 6.07) is 14.5. The van der Waals surface area contributed by atoms with Gasteiger partial charge in [-0.1, -0.05) is 48.5 Å². The van der Waals surface area contributed by atoms with Crippen molar-refractivity contribution in [2.75, 3.05) is 27.2 Å². The van der Waals surface area contributed by atoms with E-state index in [0.29, 0.717) is 17.7 Å². The second-order valence-electron chi connectivity index (χ2n) is 8.46. The molecule has 4 aliphatic rings. The number of nitro groups is 1. The van der Waals surface area contributed by atoms with Gasteiger partial charge in [-0.05, 0) is 11.1 Å². The first-order chi connectivity index (χ1) is 13.9. The molecule has 0 saturated carbocycles. The van der Waals surface area contributed by atoms with Crippen molar-refractivity contribution in [1.82, 2.24) is 4.90 Å². The number of likely N-dealkylation sites (tertiary alicyclic amines) is 1. The van der Waals surface area contributed by atoms with Crippen molar-refractivity contribution in [2.45, 2.75) is 11.5 Å². The number of hydrogen-bond acceptors (Lipinski definition) is 4. The van der Waals surface area contributed by atoms with Crippen molar-refractivity contribution in [2.24, 2.45) is 11.8 Å². The van der Waals surface area contributed by atoms with Gasteiger partial charge in [0.15, 0.2) is 0 Å². The molecule has 7 heteroatoms. The molecule has 1 saturated heterocycles. The smallest absolute Gasteiger partial charge is 0.284 e. The van der Waals surface area contributed by atoms with Gasteiger partial charge in [-0.25, -0.2) is 0 Å². The van der Waals surface area contributed by atoms with E-state index >= 15 is 0 Å². The minimum absolute atomic E-state index is 0.276. The summed E-state index contributed by atoms with van der Waals surface area (Å²) in [6.45, 7) is 0.882. The van der Waals surface area contributed by atoms with Crippen LogP contribution in [0.15, 0.2) is 48.5 Å². The van der Waals surface area contributed by atoms with Gasteiger partial charge in [0.05, 0.1) is 33.1 Å². The molecule has 29 heavy (non-hydrogen) atoms. The lowest BCUT2D eigenvalue weighted by molar-refractivity contribution is -0.857. The highest BCUT2D eigenvalue weighted by Crippen LogP contribution is 2.64. The second-order valence-corrected chi connectivity index (χ2v) is 8.46. The highest BCUT2D eigenvalue weighted by Gasteiger charge is 2.74. The van der Waals surface area contributed by atoms with Gasteiger partial charge in [-0.15, -0.1) is 0 Å². The van der Waals surface area contributed by atoms with Gasteiger partial charge in [0, 0.05) is 22.0 Å². The van der Waals surface area contributed by atoms with E-state index < -0.39 is 23.3 Å². The van der Waals surface area contributed by atoms with Gasteiger partial charge in [-0.2, -0.15) is 0 Å². The summed E-state index contributed by atoms with van der Waals surface area (Å²) in [5.74, 6) is -2.75. The highest BCUT2D eigenvalue weighted by molar-refractivity contribution is 6.08. The molecule has 0 aromatic heterocycles. The molecule has 6 rings (SSSR count). The zero-order valence-electron chi connectivity index (χ0n) is 16.3. The highest BCUT2D eigenvalue weighted by atomic mass is 16.6. The molecule has 1 heterocycles. The van der Waals surface area contributed by atoms with Crippen molar-refractivity contribution in [1.29, 1.82) is 0 Å². The van der Waals surface area contributed by atoms with Crippen LogP contribution in [0.4, 0.5) is 0 Å². The van der Waals surface area contributed by atoms with Gasteiger partial charge in [0.25, 0.3) is 5.54 Å². The molecule has 0 radical (unpaired) electrons. The molecular formula is C22H22N3O4+. The lowest BCUT2D eigenvalue weighted by Gasteiger charge is -2.48. The van der Waals surface area contributed by atoms with Crippen LogP contribution in [0.2, 0.25) is 0 Å². The van der Waals surface area contributed by atoms with Crippen LogP contribution in [0.1, 0.15) is 28.2 Å². The molecule has 2 aromatic carbocycles. The molecule has 1 aliphatic heterocycles. The Morgan fingerprint density at radius 2 is 1.55 bits per heavy atom. The molecular weight excluding hydrogens is 370 g/mol. The molecule has 1 N–H and O–H groups in total.